The fourth-order valence-electron chi connectivity index (χ4n) is 1.84. The fourth-order valence-corrected chi connectivity index (χ4v) is 1.84. The Kier molecular flexibility index (Phi) is 4.25. The summed E-state index contributed by atoms with van der Waals surface area (Å²) in [6, 6.07) is 4.06. The van der Waals surface area contributed by atoms with Gasteiger partial charge in [0, 0.05) is 5.56 Å². The Balaban J connectivity index is 2.87. The van der Waals surface area contributed by atoms with Crippen molar-refractivity contribution in [2.75, 3.05) is 0 Å². The lowest BCUT2D eigenvalue weighted by Gasteiger charge is -2.19. The van der Waals surface area contributed by atoms with E-state index in [1.54, 1.807) is 0 Å². The lowest BCUT2D eigenvalue weighted by atomic mass is 9.87. The van der Waals surface area contributed by atoms with Crippen LogP contribution in [0, 0.1) is 23.5 Å². The van der Waals surface area contributed by atoms with E-state index in [2.05, 4.69) is 20.8 Å². The summed E-state index contributed by atoms with van der Waals surface area (Å²) in [5, 5.41) is 0. The summed E-state index contributed by atoms with van der Waals surface area (Å²) in [5.41, 5.74) is 0.234. The highest BCUT2D eigenvalue weighted by atomic mass is 19.1. The minimum atomic E-state index is -0.422. The van der Waals surface area contributed by atoms with Gasteiger partial charge in [-0.25, -0.2) is 8.78 Å². The number of hydrogen-bond donors (Lipinski definition) is 0. The van der Waals surface area contributed by atoms with Gasteiger partial charge < -0.3 is 0 Å². The normalized spacial score (nSPS) is 13.2. The fraction of sp³-hybridized carbons (Fsp3) is 0.538. The summed E-state index contributed by atoms with van der Waals surface area (Å²) in [5.74, 6) is -0.0476. The standard InChI is InChI=1S/C13H18F2/c1-4-10(9(2)3)8-11-12(14)6-5-7-13(11)15/h5-7,9-10H,4,8H2,1-3H3. The third-order valence-corrected chi connectivity index (χ3v) is 3.00. The van der Waals surface area contributed by atoms with Crippen molar-refractivity contribution in [3.05, 3.63) is 35.4 Å². The Morgan fingerprint density at radius 2 is 1.67 bits per heavy atom. The van der Waals surface area contributed by atoms with E-state index >= 15 is 0 Å². The summed E-state index contributed by atoms with van der Waals surface area (Å²) >= 11 is 0. The first-order valence-corrected chi connectivity index (χ1v) is 5.49. The van der Waals surface area contributed by atoms with Crippen molar-refractivity contribution in [1.29, 1.82) is 0 Å². The van der Waals surface area contributed by atoms with Crippen LogP contribution in [0.5, 0.6) is 0 Å². The number of rotatable bonds is 4. The lowest BCUT2D eigenvalue weighted by Crippen LogP contribution is -2.13. The van der Waals surface area contributed by atoms with Crippen LogP contribution in [0.2, 0.25) is 0 Å². The summed E-state index contributed by atoms with van der Waals surface area (Å²) in [6.45, 7) is 6.24. The molecule has 2 heteroatoms. The Morgan fingerprint density at radius 1 is 1.13 bits per heavy atom. The molecule has 0 N–H and O–H groups in total. The van der Waals surface area contributed by atoms with Crippen molar-refractivity contribution in [3.63, 3.8) is 0 Å². The van der Waals surface area contributed by atoms with E-state index in [4.69, 9.17) is 0 Å². The van der Waals surface area contributed by atoms with Crippen molar-refractivity contribution in [2.45, 2.75) is 33.6 Å². The van der Waals surface area contributed by atoms with Gasteiger partial charge in [0.25, 0.3) is 0 Å². The zero-order valence-corrected chi connectivity index (χ0v) is 9.56. The van der Waals surface area contributed by atoms with E-state index in [0.29, 0.717) is 18.3 Å². The molecule has 0 aliphatic rings. The summed E-state index contributed by atoms with van der Waals surface area (Å²) in [6.07, 6.45) is 1.44. The Morgan fingerprint density at radius 3 is 2.07 bits per heavy atom. The summed E-state index contributed by atoms with van der Waals surface area (Å²) < 4.78 is 26.7. The summed E-state index contributed by atoms with van der Waals surface area (Å²) in [7, 11) is 0. The molecule has 1 aromatic carbocycles. The molecule has 0 spiro atoms. The molecule has 15 heavy (non-hydrogen) atoms. The van der Waals surface area contributed by atoms with E-state index in [-0.39, 0.29) is 5.56 Å². The minimum Gasteiger partial charge on any atom is -0.207 e. The van der Waals surface area contributed by atoms with Crippen LogP contribution in [-0.2, 0) is 6.42 Å². The van der Waals surface area contributed by atoms with Crippen molar-refractivity contribution < 1.29 is 8.78 Å². The third kappa shape index (κ3) is 3.01. The van der Waals surface area contributed by atoms with Crippen LogP contribution in [0.1, 0.15) is 32.8 Å². The van der Waals surface area contributed by atoms with E-state index in [0.717, 1.165) is 6.42 Å². The molecule has 0 fully saturated rings. The largest absolute Gasteiger partial charge is 0.207 e. The van der Waals surface area contributed by atoms with Gasteiger partial charge in [-0.1, -0.05) is 33.3 Å². The lowest BCUT2D eigenvalue weighted by molar-refractivity contribution is 0.360. The van der Waals surface area contributed by atoms with Crippen LogP contribution in [0.25, 0.3) is 0 Å². The van der Waals surface area contributed by atoms with Crippen LogP contribution < -0.4 is 0 Å². The molecule has 0 aromatic heterocycles. The second kappa shape index (κ2) is 5.24. The van der Waals surface area contributed by atoms with Gasteiger partial charge in [-0.15, -0.1) is 0 Å². The zero-order chi connectivity index (χ0) is 11.4. The quantitative estimate of drug-likeness (QED) is 0.702. The monoisotopic (exact) mass is 212 g/mol. The molecule has 1 unspecified atom stereocenters. The summed E-state index contributed by atoms with van der Waals surface area (Å²) in [4.78, 5) is 0. The van der Waals surface area contributed by atoms with Crippen molar-refractivity contribution >= 4 is 0 Å². The molecule has 0 aliphatic heterocycles. The molecule has 0 aliphatic carbocycles. The Bertz CT molecular complexity index is 298. The molecule has 1 aromatic rings. The molecule has 0 saturated heterocycles. The molecule has 0 amide bonds. The highest BCUT2D eigenvalue weighted by molar-refractivity contribution is 5.20. The maximum atomic E-state index is 13.4. The van der Waals surface area contributed by atoms with Crippen LogP contribution in [0.15, 0.2) is 18.2 Å². The van der Waals surface area contributed by atoms with Gasteiger partial charge in [0.05, 0.1) is 0 Å². The van der Waals surface area contributed by atoms with Crippen molar-refractivity contribution in [1.82, 2.24) is 0 Å². The topological polar surface area (TPSA) is 0 Å². The third-order valence-electron chi connectivity index (χ3n) is 3.00. The highest BCUT2D eigenvalue weighted by Crippen LogP contribution is 2.23. The van der Waals surface area contributed by atoms with Crippen LogP contribution >= 0.6 is 0 Å². The first kappa shape index (κ1) is 12.2. The zero-order valence-electron chi connectivity index (χ0n) is 9.56. The molecular weight excluding hydrogens is 194 g/mol. The number of halogens is 2. The average molecular weight is 212 g/mol. The molecule has 84 valence electrons. The predicted molar refractivity (Wildman–Crippen MR) is 58.7 cm³/mol. The molecule has 0 heterocycles. The van der Waals surface area contributed by atoms with Crippen LogP contribution in [0.4, 0.5) is 8.78 Å². The van der Waals surface area contributed by atoms with E-state index in [9.17, 15) is 8.78 Å². The second-order valence-corrected chi connectivity index (χ2v) is 4.32. The highest BCUT2D eigenvalue weighted by Gasteiger charge is 2.16. The van der Waals surface area contributed by atoms with Crippen molar-refractivity contribution in [2.24, 2.45) is 11.8 Å². The van der Waals surface area contributed by atoms with Gasteiger partial charge in [0.15, 0.2) is 0 Å². The van der Waals surface area contributed by atoms with Gasteiger partial charge in [-0.05, 0) is 30.4 Å². The molecule has 0 radical (unpaired) electrons. The predicted octanol–water partition coefficient (Wildman–Crippen LogP) is 4.19. The molecular formula is C13H18F2. The first-order valence-electron chi connectivity index (χ1n) is 5.49. The van der Waals surface area contributed by atoms with Gasteiger partial charge in [-0.3, -0.25) is 0 Å². The smallest absolute Gasteiger partial charge is 0.129 e. The molecule has 1 rings (SSSR count). The maximum absolute atomic E-state index is 13.4. The van der Waals surface area contributed by atoms with Gasteiger partial charge in [0.1, 0.15) is 11.6 Å². The van der Waals surface area contributed by atoms with Crippen molar-refractivity contribution in [3.8, 4) is 0 Å². The van der Waals surface area contributed by atoms with E-state index in [1.165, 1.54) is 18.2 Å². The van der Waals surface area contributed by atoms with E-state index in [1.807, 2.05) is 0 Å². The Hall–Kier alpha value is -0.920. The number of hydrogen-bond acceptors (Lipinski definition) is 0. The van der Waals surface area contributed by atoms with Crippen LogP contribution in [-0.4, -0.2) is 0 Å². The molecule has 0 bridgehead atoms. The van der Waals surface area contributed by atoms with Crippen LogP contribution in [0.3, 0.4) is 0 Å². The first-order chi connectivity index (χ1) is 7.06. The molecule has 1 atom stereocenters. The van der Waals surface area contributed by atoms with Gasteiger partial charge >= 0.3 is 0 Å². The average Bonchev–Trinajstić information content (AvgIpc) is 2.17. The van der Waals surface area contributed by atoms with E-state index < -0.39 is 11.6 Å². The number of benzene rings is 1. The maximum Gasteiger partial charge on any atom is 0.129 e. The second-order valence-electron chi connectivity index (χ2n) is 4.32. The SMILES string of the molecule is CCC(Cc1c(F)cccc1F)C(C)C. The van der Waals surface area contributed by atoms with Gasteiger partial charge in [0.2, 0.25) is 0 Å². The van der Waals surface area contributed by atoms with Gasteiger partial charge in [-0.2, -0.15) is 0 Å². The molecule has 0 nitrogen and oxygen atoms in total. The molecule has 0 saturated carbocycles. The Labute approximate surface area is 90.3 Å². The minimum absolute atomic E-state index is 0.234.